The molecule has 1 aromatic heterocycles. The molecule has 2 aromatic carbocycles. The fourth-order valence-corrected chi connectivity index (χ4v) is 9.55. The van der Waals surface area contributed by atoms with Crippen LogP contribution in [-0.2, 0) is 0 Å². The zero-order chi connectivity index (χ0) is 24.2. The van der Waals surface area contributed by atoms with E-state index in [9.17, 15) is 4.79 Å². The summed E-state index contributed by atoms with van der Waals surface area (Å²) in [4.78, 5) is 14.1. The molecule has 4 nitrogen and oxygen atoms in total. The van der Waals surface area contributed by atoms with Crippen LogP contribution in [0.5, 0.6) is 0 Å². The van der Waals surface area contributed by atoms with Gasteiger partial charge < -0.3 is 5.32 Å². The van der Waals surface area contributed by atoms with Crippen molar-refractivity contribution in [2.45, 2.75) is 68.7 Å². The normalized spacial score (nSPS) is 32.9. The van der Waals surface area contributed by atoms with E-state index < -0.39 is 0 Å². The minimum absolute atomic E-state index is 0.00191. The average molecular weight is 518 g/mol. The molecule has 3 aromatic rings. The number of amides is 1. The topological polar surface area (TPSA) is 46.9 Å². The molecule has 0 saturated heterocycles. The highest BCUT2D eigenvalue weighted by Crippen LogP contribution is 2.57. The maximum atomic E-state index is 14.1. The van der Waals surface area contributed by atoms with E-state index >= 15 is 0 Å². The first-order chi connectivity index (χ1) is 17.5. The van der Waals surface area contributed by atoms with Crippen molar-refractivity contribution in [3.8, 4) is 5.69 Å². The van der Waals surface area contributed by atoms with Crippen molar-refractivity contribution in [2.75, 3.05) is 0 Å². The van der Waals surface area contributed by atoms with Crippen molar-refractivity contribution in [1.82, 2.24) is 15.1 Å². The van der Waals surface area contributed by atoms with Gasteiger partial charge in [-0.15, -0.1) is 0 Å². The maximum absolute atomic E-state index is 14.1. The van der Waals surface area contributed by atoms with Gasteiger partial charge in [-0.05, 0) is 98.4 Å². The highest BCUT2D eigenvalue weighted by Gasteiger charge is 2.52. The second kappa shape index (κ2) is 7.61. The van der Waals surface area contributed by atoms with Gasteiger partial charge in [0.15, 0.2) is 5.69 Å². The van der Waals surface area contributed by atoms with E-state index in [0.717, 1.165) is 66.8 Å². The van der Waals surface area contributed by atoms with Crippen LogP contribution < -0.4 is 5.32 Å². The molecule has 6 bridgehead atoms. The van der Waals surface area contributed by atoms with Crippen LogP contribution >= 0.6 is 23.2 Å². The standard InChI is InChI=1S/C30H29Cl2N3O/c31-19-5-8-25(24(32)12-19)35-28-23-7-6-22(20-3-1-2-4-21(20)23)26(28)27(34-35)29(36)33-30-13-16-9-17(14-30)11-18(10-16)15-30/h1-5,8,12,16-18,22-23H,6-7,9-11,13-15H2,(H,33,36). The van der Waals surface area contributed by atoms with E-state index in [4.69, 9.17) is 28.3 Å². The summed E-state index contributed by atoms with van der Waals surface area (Å²) >= 11 is 12.9. The van der Waals surface area contributed by atoms with E-state index in [0.29, 0.717) is 15.7 Å². The molecule has 4 saturated carbocycles. The number of rotatable bonds is 3. The summed E-state index contributed by atoms with van der Waals surface area (Å²) in [5.74, 6) is 2.73. The molecule has 7 aliphatic rings. The lowest BCUT2D eigenvalue weighted by molar-refractivity contribution is -0.0168. The SMILES string of the molecule is O=C(NC12CC3CC(CC(C3)C1)C2)c1nn(-c2ccc(Cl)cc2Cl)c2c1C1CCC2c2ccccc21. The molecule has 4 fully saturated rings. The smallest absolute Gasteiger partial charge is 0.272 e. The summed E-state index contributed by atoms with van der Waals surface area (Å²) in [6.45, 7) is 0. The van der Waals surface area contributed by atoms with Gasteiger partial charge in [-0.2, -0.15) is 5.10 Å². The fourth-order valence-electron chi connectivity index (χ4n) is 9.06. The van der Waals surface area contributed by atoms with Crippen molar-refractivity contribution < 1.29 is 4.79 Å². The molecular formula is C30H29Cl2N3O. The molecule has 7 aliphatic carbocycles. The maximum Gasteiger partial charge on any atom is 0.272 e. The van der Waals surface area contributed by atoms with Gasteiger partial charge >= 0.3 is 0 Å². The fraction of sp³-hybridized carbons (Fsp3) is 0.467. The largest absolute Gasteiger partial charge is 0.345 e. The predicted molar refractivity (Wildman–Crippen MR) is 141 cm³/mol. The lowest BCUT2D eigenvalue weighted by atomic mass is 9.53. The Morgan fingerprint density at radius 3 is 2.22 bits per heavy atom. The zero-order valence-corrected chi connectivity index (χ0v) is 21.7. The average Bonchev–Trinajstić information content (AvgIpc) is 3.25. The number of hydrogen-bond donors (Lipinski definition) is 1. The van der Waals surface area contributed by atoms with Crippen molar-refractivity contribution in [3.05, 3.63) is 80.6 Å². The van der Waals surface area contributed by atoms with E-state index in [1.807, 2.05) is 16.8 Å². The molecule has 2 unspecified atom stereocenters. The summed E-state index contributed by atoms with van der Waals surface area (Å²) < 4.78 is 1.95. The lowest BCUT2D eigenvalue weighted by Gasteiger charge is -2.56. The first kappa shape index (κ1) is 21.8. The second-order valence-electron chi connectivity index (χ2n) is 12.1. The van der Waals surface area contributed by atoms with Crippen LogP contribution in [0.25, 0.3) is 5.69 Å². The lowest BCUT2D eigenvalue weighted by Crippen LogP contribution is -2.60. The Hall–Kier alpha value is -2.30. The Bertz CT molecular complexity index is 1390. The molecule has 10 rings (SSSR count). The van der Waals surface area contributed by atoms with Gasteiger partial charge in [-0.3, -0.25) is 4.79 Å². The van der Waals surface area contributed by atoms with Gasteiger partial charge in [-0.25, -0.2) is 4.68 Å². The molecule has 1 N–H and O–H groups in total. The monoisotopic (exact) mass is 517 g/mol. The van der Waals surface area contributed by atoms with Crippen molar-refractivity contribution >= 4 is 29.1 Å². The number of carbonyl (C=O) groups is 1. The number of carbonyl (C=O) groups excluding carboxylic acids is 1. The molecule has 6 heteroatoms. The second-order valence-corrected chi connectivity index (χ2v) is 13.0. The van der Waals surface area contributed by atoms with Crippen LogP contribution in [0.3, 0.4) is 0 Å². The van der Waals surface area contributed by atoms with E-state index in [1.54, 1.807) is 6.07 Å². The van der Waals surface area contributed by atoms with Crippen LogP contribution in [0.1, 0.15) is 96.1 Å². The summed E-state index contributed by atoms with van der Waals surface area (Å²) in [6, 6.07) is 14.3. The Labute approximate surface area is 221 Å². The predicted octanol–water partition coefficient (Wildman–Crippen LogP) is 7.25. The number of nitrogens with one attached hydrogen (secondary N) is 1. The van der Waals surface area contributed by atoms with Crippen LogP contribution in [0.4, 0.5) is 0 Å². The number of benzene rings is 2. The van der Waals surface area contributed by atoms with E-state index in [2.05, 4.69) is 29.6 Å². The van der Waals surface area contributed by atoms with E-state index in [-0.39, 0.29) is 23.3 Å². The summed E-state index contributed by atoms with van der Waals surface area (Å²) in [7, 11) is 0. The number of aromatic nitrogens is 2. The molecule has 2 atom stereocenters. The summed E-state index contributed by atoms with van der Waals surface area (Å²) in [5, 5.41) is 9.79. The van der Waals surface area contributed by atoms with Crippen molar-refractivity contribution in [3.63, 3.8) is 0 Å². The minimum Gasteiger partial charge on any atom is -0.345 e. The number of nitrogens with zero attached hydrogens (tertiary/aromatic N) is 2. The molecule has 0 radical (unpaired) electrons. The molecule has 184 valence electrons. The number of fused-ring (bicyclic) bond motifs is 1. The molecule has 36 heavy (non-hydrogen) atoms. The van der Waals surface area contributed by atoms with Gasteiger partial charge in [0.2, 0.25) is 0 Å². The van der Waals surface area contributed by atoms with Gasteiger partial charge in [-0.1, -0.05) is 47.5 Å². The molecule has 0 spiro atoms. The molecule has 1 amide bonds. The van der Waals surface area contributed by atoms with Gasteiger partial charge in [0.05, 0.1) is 16.4 Å². The van der Waals surface area contributed by atoms with Gasteiger partial charge in [0.25, 0.3) is 5.91 Å². The van der Waals surface area contributed by atoms with Crippen LogP contribution in [-0.4, -0.2) is 21.2 Å². The molecular weight excluding hydrogens is 489 g/mol. The van der Waals surface area contributed by atoms with Crippen LogP contribution in [0.2, 0.25) is 10.0 Å². The first-order valence-corrected chi connectivity index (χ1v) is 14.2. The third-order valence-electron chi connectivity index (χ3n) is 9.90. The number of halogens is 2. The Morgan fingerprint density at radius 2 is 1.56 bits per heavy atom. The van der Waals surface area contributed by atoms with Crippen LogP contribution in [0, 0.1) is 17.8 Å². The first-order valence-electron chi connectivity index (χ1n) is 13.5. The minimum atomic E-state index is -0.0496. The summed E-state index contributed by atoms with van der Waals surface area (Å²) in [6.07, 6.45) is 9.56. The Kier molecular flexibility index (Phi) is 4.60. The zero-order valence-electron chi connectivity index (χ0n) is 20.1. The molecule has 0 aliphatic heterocycles. The summed E-state index contributed by atoms with van der Waals surface area (Å²) in [5.41, 5.74) is 6.29. The highest BCUT2D eigenvalue weighted by atomic mass is 35.5. The van der Waals surface area contributed by atoms with Crippen molar-refractivity contribution in [2.24, 2.45) is 17.8 Å². The highest BCUT2D eigenvalue weighted by molar-refractivity contribution is 6.35. The third-order valence-corrected chi connectivity index (χ3v) is 10.4. The van der Waals surface area contributed by atoms with Gasteiger partial charge in [0.1, 0.15) is 0 Å². The quantitative estimate of drug-likeness (QED) is 0.397. The Balaban J connectivity index is 1.26. The number of hydrogen-bond acceptors (Lipinski definition) is 2. The van der Waals surface area contributed by atoms with E-state index in [1.165, 1.54) is 30.4 Å². The van der Waals surface area contributed by atoms with Gasteiger partial charge in [0, 0.05) is 28.0 Å². The van der Waals surface area contributed by atoms with Crippen molar-refractivity contribution in [1.29, 1.82) is 0 Å². The third kappa shape index (κ3) is 3.07. The molecule has 1 heterocycles. The Morgan fingerprint density at radius 1 is 0.917 bits per heavy atom. The van der Waals surface area contributed by atoms with Crippen LogP contribution in [0.15, 0.2) is 42.5 Å².